The first-order valence-corrected chi connectivity index (χ1v) is 33.4. The Morgan fingerprint density at radius 1 is 0.495 bits per heavy atom. The Kier molecular flexibility index (Phi) is 20.8. The maximum atomic E-state index is 13.1. The van der Waals surface area contributed by atoms with Crippen molar-refractivity contribution in [3.05, 3.63) is 107 Å². The number of carbonyl (C=O) groups is 1. The Morgan fingerprint density at radius 3 is 1.49 bits per heavy atom. The molecule has 0 fully saturated rings. The van der Waals surface area contributed by atoms with Gasteiger partial charge in [-0.2, -0.15) is 60.3 Å². The molecule has 11 N–H and O–H groups in total. The minimum absolute atomic E-state index is 0.110. The van der Waals surface area contributed by atoms with Gasteiger partial charge in [0.2, 0.25) is 11.6 Å². The molecule has 0 bridgehead atoms. The number of anilines is 1. The number of aromatic nitrogens is 2. The van der Waals surface area contributed by atoms with E-state index in [4.69, 9.17) is 35.7 Å². The van der Waals surface area contributed by atoms with Gasteiger partial charge in [0.25, 0.3) is 78.7 Å². The van der Waals surface area contributed by atoms with Gasteiger partial charge in [0.05, 0.1) is 32.3 Å². The topological polar surface area (TPSA) is 701 Å². The lowest BCUT2D eigenvalue weighted by molar-refractivity contribution is -0.385. The molecule has 93 heavy (non-hydrogen) atoms. The van der Waals surface area contributed by atoms with Crippen LogP contribution in [0.4, 0.5) is 56.9 Å². The van der Waals surface area contributed by atoms with Gasteiger partial charge in [0.15, 0.2) is 11.5 Å². The van der Waals surface area contributed by atoms with Crippen molar-refractivity contribution in [1.82, 2.24) is 9.78 Å². The summed E-state index contributed by atoms with van der Waals surface area (Å²) in [6, 6.07) is 12.3. The molecule has 0 aliphatic carbocycles. The van der Waals surface area contributed by atoms with Crippen LogP contribution in [0.15, 0.2) is 167 Å². The van der Waals surface area contributed by atoms with E-state index in [1.54, 1.807) is 0 Å². The Hall–Kier alpha value is -10.6. The second kappa shape index (κ2) is 27.1. The Balaban J connectivity index is 0.00000162. The van der Waals surface area contributed by atoms with E-state index in [1.807, 2.05) is 0 Å². The lowest BCUT2D eigenvalue weighted by Crippen LogP contribution is -2.03. The van der Waals surface area contributed by atoms with Crippen molar-refractivity contribution in [3.63, 3.8) is 0 Å². The van der Waals surface area contributed by atoms with Gasteiger partial charge in [-0.25, -0.2) is 0 Å². The van der Waals surface area contributed by atoms with Gasteiger partial charge < -0.3 is 25.8 Å². The number of hydrogen-bond donors (Lipinski definition) is 10. The molecule has 0 saturated heterocycles. The number of hydrogen-bond acceptors (Lipinski definition) is 35. The van der Waals surface area contributed by atoms with Crippen molar-refractivity contribution in [2.75, 3.05) is 5.73 Å². The lowest BCUT2D eigenvalue weighted by Gasteiger charge is -2.13. The number of fused-ring (bicyclic) bond motifs is 2. The number of benzene rings is 7. The fourth-order valence-electron chi connectivity index (χ4n) is 7.59. The molecular formula is C42H28N12O31S8. The highest BCUT2D eigenvalue weighted by atomic mass is 32.2. The van der Waals surface area contributed by atoms with Crippen molar-refractivity contribution >= 4 is 167 Å². The third-order valence-electron chi connectivity index (χ3n) is 11.3. The fourth-order valence-corrected chi connectivity index (χ4v) is 11.5. The Morgan fingerprint density at radius 2 is 0.968 bits per heavy atom. The predicted molar refractivity (Wildman–Crippen MR) is 302 cm³/mol. The van der Waals surface area contributed by atoms with E-state index in [0.717, 1.165) is 66.7 Å². The van der Waals surface area contributed by atoms with E-state index in [-0.39, 0.29) is 12.2 Å². The van der Waals surface area contributed by atoms with Crippen LogP contribution in [0, 0.1) is 10.1 Å². The first kappa shape index (κ1) is 71.5. The largest absolute Gasteiger partial charge is 0.505 e. The van der Waals surface area contributed by atoms with Crippen LogP contribution in [-0.4, -0.2) is 140 Å². The SMILES string of the molecule is Nc1c(N=Nc2ccc3c(O)c(N=Nc4ccc(N=Nc5c(OC=O)nn(-c6ccc(S(=O)(=O)O)cc6)c5O)c(S(=O)(=O)O)c4)c(S(=O)(=O)O)cc3c2S(=O)(=O)O)cc(S(=O)(=O)O)c2ccc(N=Nc3ccc([N+](=O)[O-])cc3S(=O)(=O)O)c(O)c12.O=S(=O)=O.O=S(=O)=O. The standard InChI is InChI=1S/C42H28N12O25S6.2O3S/c43-35-29(16-30(81(64,65)66)23-8-11-27(39(57)34(23)35)47-45-26-10-4-20(54(59)60)14-32(26)83(70,71)72)49-48-28-12-7-22-24(40(28)85(76,77)78)15-33(84(73,74)75)36(38(22)56)50-44-18-1-9-25(31(13-18)82(67,68)69)46-51-37-41(79-17-55)52-53(42(37)58)19-2-5-21(6-3-19)80(61,62)63;2*1-4(2)3/h1-17,56-58H,43H2,(H,61,62,63)(H,64,65,66)(H,67,68,69)(H,70,71,72)(H,73,74,75)(H,76,77,78);;. The maximum absolute atomic E-state index is 13.1. The Labute approximate surface area is 518 Å². The minimum atomic E-state index is -5.70. The Bertz CT molecular complexity index is 5560. The van der Waals surface area contributed by atoms with Gasteiger partial charge in [0.1, 0.15) is 58.6 Å². The number of nitrogen functional groups attached to an aromatic ring is 1. The van der Waals surface area contributed by atoms with E-state index in [2.05, 4.69) is 46.0 Å². The van der Waals surface area contributed by atoms with Gasteiger partial charge >= 0.3 is 21.2 Å². The number of non-ortho nitro benzene ring substituents is 1. The normalized spacial score (nSPS) is 12.5. The average molecular weight is 1450 g/mol. The molecule has 0 spiro atoms. The van der Waals surface area contributed by atoms with Crippen molar-refractivity contribution < 1.29 is 133 Å². The number of ether oxygens (including phenoxy) is 1. The highest BCUT2D eigenvalue weighted by molar-refractivity contribution is 7.87. The number of nitro benzene ring substituents is 1. The summed E-state index contributed by atoms with van der Waals surface area (Å²) in [6.45, 7) is -0.162. The number of aromatic hydroxyl groups is 3. The predicted octanol–water partition coefficient (Wildman–Crippen LogP) is 5.45. The molecule has 7 aromatic carbocycles. The van der Waals surface area contributed by atoms with Crippen LogP contribution in [0.25, 0.3) is 27.2 Å². The molecule has 51 heteroatoms. The number of azo groups is 4. The average Bonchev–Trinajstić information content (AvgIpc) is 1.32. The summed E-state index contributed by atoms with van der Waals surface area (Å²) in [5.41, 5.74) is -1.85. The smallest absolute Gasteiger partial charge is 0.425 e. The fraction of sp³-hybridized carbons (Fsp3) is 0. The molecular weight excluding hydrogens is 1430 g/mol. The van der Waals surface area contributed by atoms with Crippen LogP contribution >= 0.6 is 0 Å². The van der Waals surface area contributed by atoms with E-state index in [1.165, 1.54) is 0 Å². The van der Waals surface area contributed by atoms with Crippen LogP contribution in [0.3, 0.4) is 0 Å². The third kappa shape index (κ3) is 16.9. The highest BCUT2D eigenvalue weighted by Gasteiger charge is 2.30. The van der Waals surface area contributed by atoms with Gasteiger partial charge in [-0.05, 0) is 78.9 Å². The zero-order valence-electron chi connectivity index (χ0n) is 44.1. The molecule has 8 rings (SSSR count). The molecule has 1 aromatic heterocycles. The summed E-state index contributed by atoms with van der Waals surface area (Å²) in [5.74, 6) is -4.11. The van der Waals surface area contributed by atoms with Crippen molar-refractivity contribution in [1.29, 1.82) is 0 Å². The minimum Gasteiger partial charge on any atom is -0.505 e. The van der Waals surface area contributed by atoms with E-state index in [9.17, 15) is 108 Å². The molecule has 0 atom stereocenters. The molecule has 0 unspecified atom stereocenters. The lowest BCUT2D eigenvalue weighted by atomic mass is 10.1. The monoisotopic (exact) mass is 1450 g/mol. The summed E-state index contributed by atoms with van der Waals surface area (Å²) < 4.78 is 265. The molecule has 0 saturated carbocycles. The van der Waals surface area contributed by atoms with Gasteiger partial charge in [-0.15, -0.1) is 66.2 Å². The van der Waals surface area contributed by atoms with Crippen molar-refractivity contribution in [2.45, 2.75) is 29.4 Å². The van der Waals surface area contributed by atoms with E-state index in [0.29, 0.717) is 35.0 Å². The molecule has 0 amide bonds. The van der Waals surface area contributed by atoms with Gasteiger partial charge in [-0.3, -0.25) is 42.2 Å². The number of nitrogens with zero attached hydrogens (tertiary/aromatic N) is 11. The van der Waals surface area contributed by atoms with Crippen LogP contribution < -0.4 is 10.5 Å². The summed E-state index contributed by atoms with van der Waals surface area (Å²) in [6.07, 6.45) is 0. The number of phenolic OH excluding ortho intramolecular Hbond substituents is 2. The van der Waals surface area contributed by atoms with Gasteiger partial charge in [-0.1, -0.05) is 6.07 Å². The summed E-state index contributed by atoms with van der Waals surface area (Å²) in [7, 11) is -38.1. The molecule has 0 radical (unpaired) electrons. The number of phenols is 2. The first-order chi connectivity index (χ1) is 42.9. The first-order valence-electron chi connectivity index (χ1n) is 22.8. The molecule has 43 nitrogen and oxygen atoms in total. The molecule has 1 heterocycles. The molecule has 8 aromatic rings. The van der Waals surface area contributed by atoms with Crippen LogP contribution in [0.5, 0.6) is 23.3 Å². The van der Waals surface area contributed by atoms with Gasteiger partial charge in [0, 0.05) is 28.3 Å². The number of carbonyl (C=O) groups excluding carboxylic acids is 1. The van der Waals surface area contributed by atoms with E-state index < -0.39 is 218 Å². The zero-order chi connectivity index (χ0) is 69.8. The van der Waals surface area contributed by atoms with Crippen LogP contribution in [-0.2, 0) is 86.7 Å². The zero-order valence-corrected chi connectivity index (χ0v) is 50.6. The number of nitrogens with two attached hydrogens (primary N) is 1. The van der Waals surface area contributed by atoms with Crippen molar-refractivity contribution in [2.24, 2.45) is 40.9 Å². The summed E-state index contributed by atoms with van der Waals surface area (Å²) in [4.78, 5) is 14.8. The van der Waals surface area contributed by atoms with Crippen LogP contribution in [0.2, 0.25) is 0 Å². The second-order valence-corrected chi connectivity index (χ2v) is 26.1. The third-order valence-corrected chi connectivity index (χ3v) is 16.6. The quantitative estimate of drug-likeness (QED) is 0.0127. The van der Waals surface area contributed by atoms with E-state index >= 15 is 0 Å². The molecule has 490 valence electrons. The second-order valence-electron chi connectivity index (χ2n) is 17.0. The summed E-state index contributed by atoms with van der Waals surface area (Å²) in [5, 5.41) is 74.9. The van der Waals surface area contributed by atoms with Crippen molar-refractivity contribution in [3.8, 4) is 28.9 Å². The number of nitro groups is 1. The molecule has 0 aliphatic rings. The molecule has 0 aliphatic heterocycles. The number of rotatable bonds is 18. The maximum Gasteiger partial charge on any atom is 0.425 e. The van der Waals surface area contributed by atoms with Crippen LogP contribution in [0.1, 0.15) is 0 Å². The summed E-state index contributed by atoms with van der Waals surface area (Å²) >= 11 is 0. The highest BCUT2D eigenvalue weighted by Crippen LogP contribution is 2.49.